The van der Waals surface area contributed by atoms with Gasteiger partial charge in [0.1, 0.15) is 16.6 Å². The lowest BCUT2D eigenvalue weighted by atomic mass is 10.0. The van der Waals surface area contributed by atoms with E-state index in [0.717, 1.165) is 72.0 Å². The van der Waals surface area contributed by atoms with Gasteiger partial charge in [0.2, 0.25) is 5.95 Å². The second-order valence-corrected chi connectivity index (χ2v) is 13.6. The van der Waals surface area contributed by atoms with Crippen molar-refractivity contribution in [1.29, 1.82) is 0 Å². The number of Topliss-reactive ketones (excluding diaryl/α,β-unsaturated/α-hetero) is 2. The molecule has 2 aromatic carbocycles. The van der Waals surface area contributed by atoms with Crippen LogP contribution in [0.4, 0.5) is 60.1 Å². The number of nitrogens with one attached hydrogen (secondary N) is 3. The number of fused-ring (bicyclic) bond motifs is 6. The van der Waals surface area contributed by atoms with Gasteiger partial charge in [0.15, 0.2) is 5.82 Å². The standard InChI is InChI=1S/C33H35ClN8O2.C4F6O2/c34-29-21-36-32-38-27-17-22(9-15-44-28-7-3-6-26(20-28)37-31(29)40-32)16-24(18-27)23-8-10-35-30(19-23)41-11-13-42(14-12-41)33(43)39-25-4-1-2-5-25;5-3(6,7)1(11)2(12)4(8,9)10/h3,6-8,10,16-21,25H,1-2,4-5,9,11-15H2,(H,39,43)(H2,36,37,38,40);. The van der Waals surface area contributed by atoms with Gasteiger partial charge in [-0.25, -0.2) is 14.8 Å². The van der Waals surface area contributed by atoms with E-state index in [4.69, 9.17) is 21.3 Å². The van der Waals surface area contributed by atoms with E-state index in [1.807, 2.05) is 41.4 Å². The topological polar surface area (TPSA) is 142 Å². The van der Waals surface area contributed by atoms with Gasteiger partial charge in [-0.05, 0) is 65.9 Å². The highest BCUT2D eigenvalue weighted by Gasteiger charge is 2.54. The van der Waals surface area contributed by atoms with Gasteiger partial charge in [0.25, 0.3) is 0 Å². The van der Waals surface area contributed by atoms with Gasteiger partial charge in [-0.1, -0.05) is 36.6 Å². The molecule has 1 saturated heterocycles. The second-order valence-electron chi connectivity index (χ2n) is 13.1. The first kappa shape index (κ1) is 40.0. The molecule has 0 radical (unpaired) electrons. The van der Waals surface area contributed by atoms with Gasteiger partial charge < -0.3 is 30.5 Å². The first-order chi connectivity index (χ1) is 26.6. The van der Waals surface area contributed by atoms with Crippen LogP contribution in [0.25, 0.3) is 11.1 Å². The number of nitrogens with zero attached hydrogens (tertiary/aromatic N) is 5. The Morgan fingerprint density at radius 1 is 0.821 bits per heavy atom. The number of urea groups is 1. The van der Waals surface area contributed by atoms with Crippen molar-refractivity contribution in [3.8, 4) is 16.9 Å². The molecule has 4 aromatic rings. The summed E-state index contributed by atoms with van der Waals surface area (Å²) < 4.78 is 73.1. The predicted octanol–water partition coefficient (Wildman–Crippen LogP) is 7.64. The van der Waals surface area contributed by atoms with Crippen molar-refractivity contribution in [3.05, 3.63) is 77.6 Å². The highest BCUT2D eigenvalue weighted by molar-refractivity contribution is 6.41. The summed E-state index contributed by atoms with van der Waals surface area (Å²) in [7, 11) is 0. The summed E-state index contributed by atoms with van der Waals surface area (Å²) in [5, 5.41) is 10.3. The highest BCUT2D eigenvalue weighted by atomic mass is 35.5. The number of amides is 2. The number of ether oxygens (including phenoxy) is 1. The van der Waals surface area contributed by atoms with Crippen LogP contribution in [0.1, 0.15) is 31.2 Å². The lowest BCUT2D eigenvalue weighted by Gasteiger charge is -2.36. The number of pyridine rings is 1. The molecular weight excluding hydrogens is 770 g/mol. The van der Waals surface area contributed by atoms with Crippen LogP contribution >= 0.6 is 11.6 Å². The normalized spacial score (nSPS) is 15.9. The monoisotopic (exact) mass is 804 g/mol. The number of hydrogen-bond acceptors (Lipinski definition) is 10. The molecular formula is C37H35ClF6N8O4. The summed E-state index contributed by atoms with van der Waals surface area (Å²) >= 11 is 6.42. The molecule has 56 heavy (non-hydrogen) atoms. The first-order valence-corrected chi connectivity index (χ1v) is 17.9. The number of rotatable bonds is 4. The number of benzene rings is 2. The summed E-state index contributed by atoms with van der Waals surface area (Å²) in [5.41, 5.74) is 4.90. The van der Waals surface area contributed by atoms with E-state index < -0.39 is 23.9 Å². The molecule has 6 bridgehead atoms. The fourth-order valence-corrected chi connectivity index (χ4v) is 6.45. The molecule has 2 aromatic heterocycles. The zero-order chi connectivity index (χ0) is 40.0. The van der Waals surface area contributed by atoms with E-state index in [1.165, 1.54) is 12.8 Å². The molecule has 1 aliphatic carbocycles. The van der Waals surface area contributed by atoms with Crippen molar-refractivity contribution in [1.82, 2.24) is 25.2 Å². The van der Waals surface area contributed by atoms with Gasteiger partial charge in [-0.2, -0.15) is 31.3 Å². The average molecular weight is 805 g/mol. The lowest BCUT2D eigenvalue weighted by molar-refractivity contribution is -0.193. The molecule has 0 unspecified atom stereocenters. The zero-order valence-corrected chi connectivity index (χ0v) is 30.3. The number of carbonyl (C=O) groups excluding carboxylic acids is 3. The molecule has 3 N–H and O–H groups in total. The molecule has 19 heteroatoms. The molecule has 7 rings (SSSR count). The van der Waals surface area contributed by atoms with Crippen molar-refractivity contribution in [2.75, 3.05) is 48.3 Å². The Hall–Kier alpha value is -5.65. The maximum absolute atomic E-state index is 12.8. The maximum atomic E-state index is 12.8. The average Bonchev–Trinajstić information content (AvgIpc) is 3.68. The largest absolute Gasteiger partial charge is 0.493 e. The summed E-state index contributed by atoms with van der Waals surface area (Å²) in [5.74, 6) is -4.20. The van der Waals surface area contributed by atoms with Crippen LogP contribution in [0.5, 0.6) is 5.75 Å². The van der Waals surface area contributed by atoms with Crippen molar-refractivity contribution in [3.63, 3.8) is 0 Å². The lowest BCUT2D eigenvalue weighted by Crippen LogP contribution is -2.53. The molecule has 4 heterocycles. The smallest absolute Gasteiger partial charge is 0.458 e. The van der Waals surface area contributed by atoms with Crippen molar-refractivity contribution < 1.29 is 45.5 Å². The van der Waals surface area contributed by atoms with Crippen LogP contribution in [0, 0.1) is 0 Å². The highest BCUT2D eigenvalue weighted by Crippen LogP contribution is 2.32. The van der Waals surface area contributed by atoms with Gasteiger partial charge in [-0.15, -0.1) is 0 Å². The van der Waals surface area contributed by atoms with Crippen LogP contribution in [0.3, 0.4) is 0 Å². The molecule has 1 saturated carbocycles. The van der Waals surface area contributed by atoms with Gasteiger partial charge in [-0.3, -0.25) is 9.59 Å². The van der Waals surface area contributed by atoms with Crippen LogP contribution in [-0.4, -0.2) is 88.6 Å². The molecule has 12 nitrogen and oxygen atoms in total. The number of hydrogen-bond donors (Lipinski definition) is 3. The summed E-state index contributed by atoms with van der Waals surface area (Å²) in [6.07, 6.45) is -2.79. The number of alkyl halides is 6. The third-order valence-corrected chi connectivity index (χ3v) is 9.40. The van der Waals surface area contributed by atoms with Crippen molar-refractivity contribution >= 4 is 58.2 Å². The summed E-state index contributed by atoms with van der Waals surface area (Å²) in [6.45, 7) is 3.35. The molecule has 2 amide bonds. The Kier molecular flexibility index (Phi) is 12.2. The number of carbonyl (C=O) groups is 3. The fraction of sp³-hybridized carbons (Fsp3) is 0.351. The van der Waals surface area contributed by atoms with Gasteiger partial charge in [0, 0.05) is 62.3 Å². The minimum absolute atomic E-state index is 0.0605. The molecule has 3 aliphatic rings. The minimum atomic E-state index is -5.77. The Bertz CT molecular complexity index is 2050. The Balaban J connectivity index is 0.000000385. The van der Waals surface area contributed by atoms with Crippen LogP contribution in [-0.2, 0) is 16.0 Å². The summed E-state index contributed by atoms with van der Waals surface area (Å²) in [6, 6.07) is 18.7. The zero-order valence-electron chi connectivity index (χ0n) is 29.5. The van der Waals surface area contributed by atoms with Gasteiger partial charge in [0.05, 0.1) is 12.8 Å². The van der Waals surface area contributed by atoms with Gasteiger partial charge >= 0.3 is 30.0 Å². The molecule has 0 atom stereocenters. The van der Waals surface area contributed by atoms with Crippen LogP contribution in [0.2, 0.25) is 5.02 Å². The third-order valence-electron chi connectivity index (χ3n) is 9.12. The SMILES string of the molecule is O=C(C(=O)C(F)(F)F)C(F)(F)F.O=C(NC1CCCC1)N1CCN(c2cc(-c3cc4cc(c3)Nc3ncc(Cl)c(n3)Nc3cccc(c3)OCC4)ccn2)CC1. The Labute approximate surface area is 321 Å². The van der Waals surface area contributed by atoms with Crippen molar-refractivity contribution in [2.24, 2.45) is 0 Å². The predicted molar refractivity (Wildman–Crippen MR) is 196 cm³/mol. The van der Waals surface area contributed by atoms with Crippen molar-refractivity contribution in [2.45, 2.75) is 50.5 Å². The first-order valence-electron chi connectivity index (χ1n) is 17.6. The summed E-state index contributed by atoms with van der Waals surface area (Å²) in [4.78, 5) is 49.9. The number of ketones is 2. The van der Waals surface area contributed by atoms with E-state index in [1.54, 1.807) is 6.20 Å². The number of piperazine rings is 1. The van der Waals surface area contributed by atoms with E-state index in [-0.39, 0.29) is 6.03 Å². The molecule has 2 fully saturated rings. The number of aromatic nitrogens is 3. The number of halogens is 7. The Morgan fingerprint density at radius 2 is 1.54 bits per heavy atom. The van der Waals surface area contributed by atoms with E-state index in [2.05, 4.69) is 55.1 Å². The van der Waals surface area contributed by atoms with Crippen LogP contribution < -0.4 is 25.6 Å². The maximum Gasteiger partial charge on any atom is 0.458 e. The van der Waals surface area contributed by atoms with E-state index >= 15 is 0 Å². The van der Waals surface area contributed by atoms with E-state index in [0.29, 0.717) is 42.5 Å². The third kappa shape index (κ3) is 10.3. The van der Waals surface area contributed by atoms with E-state index in [9.17, 15) is 40.7 Å². The van der Waals surface area contributed by atoms with Crippen LogP contribution in [0.15, 0.2) is 67.0 Å². The minimum Gasteiger partial charge on any atom is -0.493 e. The molecule has 2 aliphatic heterocycles. The second kappa shape index (κ2) is 17.0. The number of anilines is 5. The molecule has 0 spiro atoms. The quantitative estimate of drug-likeness (QED) is 0.139. The fourth-order valence-electron chi connectivity index (χ4n) is 6.31. The Morgan fingerprint density at radius 3 is 2.23 bits per heavy atom. The molecule has 296 valence electrons.